The second kappa shape index (κ2) is 7.33. The summed E-state index contributed by atoms with van der Waals surface area (Å²) < 4.78 is 29.4. The van der Waals surface area contributed by atoms with Gasteiger partial charge in [-0.2, -0.15) is 9.40 Å². The van der Waals surface area contributed by atoms with Crippen molar-refractivity contribution >= 4 is 15.9 Å². The smallest absolute Gasteiger partial charge is 0.274 e. The zero-order chi connectivity index (χ0) is 19.9. The van der Waals surface area contributed by atoms with Crippen molar-refractivity contribution in [2.24, 2.45) is 0 Å². The topological polar surface area (TPSA) is 75.5 Å². The maximum atomic E-state index is 13.0. The van der Waals surface area contributed by atoms with Crippen LogP contribution in [-0.2, 0) is 23.0 Å². The highest BCUT2D eigenvalue weighted by Gasteiger charge is 2.32. The van der Waals surface area contributed by atoms with Crippen LogP contribution in [0.1, 0.15) is 40.2 Å². The molecule has 0 saturated carbocycles. The van der Waals surface area contributed by atoms with Crippen molar-refractivity contribution in [3.63, 3.8) is 0 Å². The predicted molar refractivity (Wildman–Crippen MR) is 106 cm³/mol. The fraction of sp³-hybridized carbons (Fsp3) is 0.500. The molecule has 0 aliphatic carbocycles. The van der Waals surface area contributed by atoms with Gasteiger partial charge in [-0.05, 0) is 50.8 Å². The minimum atomic E-state index is -3.55. The van der Waals surface area contributed by atoms with E-state index in [1.54, 1.807) is 11.0 Å². The van der Waals surface area contributed by atoms with Crippen molar-refractivity contribution < 1.29 is 13.2 Å². The van der Waals surface area contributed by atoms with E-state index in [2.05, 4.69) is 5.10 Å². The molecule has 2 aromatic rings. The summed E-state index contributed by atoms with van der Waals surface area (Å²) >= 11 is 0. The van der Waals surface area contributed by atoms with Crippen LogP contribution < -0.4 is 0 Å². The van der Waals surface area contributed by atoms with E-state index in [9.17, 15) is 13.2 Å². The van der Waals surface area contributed by atoms with Crippen molar-refractivity contribution in [1.29, 1.82) is 0 Å². The summed E-state index contributed by atoms with van der Waals surface area (Å²) in [4.78, 5) is 14.9. The Labute approximate surface area is 166 Å². The number of carbonyl (C=O) groups is 1. The molecule has 7 nitrogen and oxygen atoms in total. The van der Waals surface area contributed by atoms with Crippen LogP contribution in [0.4, 0.5) is 0 Å². The summed E-state index contributed by atoms with van der Waals surface area (Å²) in [6.45, 7) is 5.99. The van der Waals surface area contributed by atoms with Gasteiger partial charge < -0.3 is 4.90 Å². The summed E-state index contributed by atoms with van der Waals surface area (Å²) in [7, 11) is -3.55. The van der Waals surface area contributed by atoms with Gasteiger partial charge in [-0.1, -0.05) is 17.7 Å². The Kier molecular flexibility index (Phi) is 5.01. The van der Waals surface area contributed by atoms with E-state index >= 15 is 0 Å². The van der Waals surface area contributed by atoms with Crippen LogP contribution in [-0.4, -0.2) is 59.5 Å². The van der Waals surface area contributed by atoms with Gasteiger partial charge in [-0.15, -0.1) is 0 Å². The molecule has 2 aliphatic heterocycles. The summed E-state index contributed by atoms with van der Waals surface area (Å²) in [5, 5.41) is 4.45. The van der Waals surface area contributed by atoms with Crippen LogP contribution >= 0.6 is 0 Å². The molecule has 2 aliphatic rings. The minimum Gasteiger partial charge on any atom is -0.335 e. The van der Waals surface area contributed by atoms with Crippen molar-refractivity contribution in [2.75, 3.05) is 26.2 Å². The molecule has 0 atom stereocenters. The standard InChI is InChI=1S/C20H26N4O3S/c1-15-6-7-19(16(2)13-15)28(26,27)23-11-9-22(10-12-23)20(25)18-14-17-5-3-4-8-24(17)21-18/h6-7,13-14H,3-5,8-12H2,1-2H3. The van der Waals surface area contributed by atoms with Gasteiger partial charge in [-0.25, -0.2) is 8.42 Å². The molecule has 4 rings (SSSR count). The quantitative estimate of drug-likeness (QED) is 0.787. The lowest BCUT2D eigenvalue weighted by Crippen LogP contribution is -2.50. The molecule has 8 heteroatoms. The largest absolute Gasteiger partial charge is 0.335 e. The van der Waals surface area contributed by atoms with Crippen LogP contribution in [0.2, 0.25) is 0 Å². The Hall–Kier alpha value is -2.19. The lowest BCUT2D eigenvalue weighted by Gasteiger charge is -2.34. The number of aryl methyl sites for hydroxylation is 4. The van der Waals surface area contributed by atoms with E-state index in [4.69, 9.17) is 0 Å². The number of nitrogens with zero attached hydrogens (tertiary/aromatic N) is 4. The lowest BCUT2D eigenvalue weighted by molar-refractivity contribution is 0.0691. The highest BCUT2D eigenvalue weighted by atomic mass is 32.2. The van der Waals surface area contributed by atoms with Crippen LogP contribution in [0.15, 0.2) is 29.2 Å². The molecule has 0 spiro atoms. The van der Waals surface area contributed by atoms with Gasteiger partial charge in [0.05, 0.1) is 4.90 Å². The molecule has 1 fully saturated rings. The molecule has 1 amide bonds. The Bertz CT molecular complexity index is 981. The molecule has 0 unspecified atom stereocenters. The Morgan fingerprint density at radius 2 is 1.75 bits per heavy atom. The molecule has 28 heavy (non-hydrogen) atoms. The summed E-state index contributed by atoms with van der Waals surface area (Å²) in [6.07, 6.45) is 3.19. The van der Waals surface area contributed by atoms with Crippen molar-refractivity contribution in [1.82, 2.24) is 19.0 Å². The van der Waals surface area contributed by atoms with Gasteiger partial charge >= 0.3 is 0 Å². The lowest BCUT2D eigenvalue weighted by atomic mass is 10.1. The normalized spacial score (nSPS) is 18.1. The summed E-state index contributed by atoms with van der Waals surface area (Å²) in [5.74, 6) is -0.106. The zero-order valence-electron chi connectivity index (χ0n) is 16.4. The first kappa shape index (κ1) is 19.1. The third-order valence-corrected chi connectivity index (χ3v) is 7.67. The number of hydrogen-bond acceptors (Lipinski definition) is 4. The molecular weight excluding hydrogens is 376 g/mol. The number of fused-ring (bicyclic) bond motifs is 1. The number of benzene rings is 1. The number of sulfonamides is 1. The van der Waals surface area contributed by atoms with Gasteiger partial charge in [0.15, 0.2) is 5.69 Å². The number of hydrogen-bond donors (Lipinski definition) is 0. The highest BCUT2D eigenvalue weighted by Crippen LogP contribution is 2.23. The molecule has 0 N–H and O–H groups in total. The molecule has 1 aromatic carbocycles. The van der Waals surface area contributed by atoms with E-state index in [1.165, 1.54) is 4.31 Å². The maximum absolute atomic E-state index is 13.0. The number of piperazine rings is 1. The van der Waals surface area contributed by atoms with Crippen LogP contribution in [0.5, 0.6) is 0 Å². The molecule has 1 aromatic heterocycles. The molecular formula is C20H26N4O3S. The van der Waals surface area contributed by atoms with Gasteiger partial charge in [-0.3, -0.25) is 9.48 Å². The van der Waals surface area contributed by atoms with Crippen molar-refractivity contribution in [3.05, 3.63) is 46.8 Å². The second-order valence-corrected chi connectivity index (χ2v) is 9.57. The van der Waals surface area contributed by atoms with Gasteiger partial charge in [0, 0.05) is 38.4 Å². The first-order chi connectivity index (χ1) is 13.4. The zero-order valence-corrected chi connectivity index (χ0v) is 17.2. The molecule has 0 radical (unpaired) electrons. The molecule has 3 heterocycles. The second-order valence-electron chi connectivity index (χ2n) is 7.67. The minimum absolute atomic E-state index is 0.106. The monoisotopic (exact) mass is 402 g/mol. The first-order valence-electron chi connectivity index (χ1n) is 9.80. The summed E-state index contributed by atoms with van der Waals surface area (Å²) in [6, 6.07) is 7.26. The number of amides is 1. The Morgan fingerprint density at radius 3 is 2.43 bits per heavy atom. The average molecular weight is 403 g/mol. The predicted octanol–water partition coefficient (Wildman–Crippen LogP) is 1.98. The molecule has 150 valence electrons. The van der Waals surface area contributed by atoms with Crippen LogP contribution in [0, 0.1) is 13.8 Å². The average Bonchev–Trinajstić information content (AvgIpc) is 3.11. The van der Waals surface area contributed by atoms with Crippen LogP contribution in [0.3, 0.4) is 0 Å². The van der Waals surface area contributed by atoms with Crippen LogP contribution in [0.25, 0.3) is 0 Å². The number of rotatable bonds is 3. The Morgan fingerprint density at radius 1 is 1.00 bits per heavy atom. The van der Waals surface area contributed by atoms with Crippen molar-refractivity contribution in [2.45, 2.75) is 44.6 Å². The van der Waals surface area contributed by atoms with Gasteiger partial charge in [0.25, 0.3) is 5.91 Å². The maximum Gasteiger partial charge on any atom is 0.274 e. The molecule has 1 saturated heterocycles. The molecule has 0 bridgehead atoms. The third-order valence-electron chi connectivity index (χ3n) is 5.61. The SMILES string of the molecule is Cc1ccc(S(=O)(=O)N2CCN(C(=O)c3cc4n(n3)CCCC4)CC2)c(C)c1. The van der Waals surface area contributed by atoms with Gasteiger partial charge in [0.1, 0.15) is 0 Å². The third kappa shape index (κ3) is 3.46. The first-order valence-corrected chi connectivity index (χ1v) is 11.2. The number of carbonyl (C=O) groups excluding carboxylic acids is 1. The van der Waals surface area contributed by atoms with E-state index in [0.717, 1.165) is 42.6 Å². The fourth-order valence-electron chi connectivity index (χ4n) is 4.04. The highest BCUT2D eigenvalue weighted by molar-refractivity contribution is 7.89. The fourth-order valence-corrected chi connectivity index (χ4v) is 5.67. The van der Waals surface area contributed by atoms with E-state index in [1.807, 2.05) is 36.7 Å². The van der Waals surface area contributed by atoms with Gasteiger partial charge in [0.2, 0.25) is 10.0 Å². The summed E-state index contributed by atoms with van der Waals surface area (Å²) in [5.41, 5.74) is 3.38. The Balaban J connectivity index is 1.45. The van der Waals surface area contributed by atoms with E-state index < -0.39 is 10.0 Å². The van der Waals surface area contributed by atoms with E-state index in [0.29, 0.717) is 36.8 Å². The number of aromatic nitrogens is 2. The van der Waals surface area contributed by atoms with Crippen molar-refractivity contribution in [3.8, 4) is 0 Å². The van der Waals surface area contributed by atoms with E-state index in [-0.39, 0.29) is 5.91 Å².